The first-order valence-electron chi connectivity index (χ1n) is 10.5. The van der Waals surface area contributed by atoms with Gasteiger partial charge in [0.25, 0.3) is 0 Å². The number of aliphatic hydroxyl groups is 1. The Labute approximate surface area is 177 Å². The highest BCUT2D eigenvalue weighted by atomic mass is 19.1. The molecule has 1 fully saturated rings. The van der Waals surface area contributed by atoms with Crippen molar-refractivity contribution in [1.82, 2.24) is 9.80 Å². The van der Waals surface area contributed by atoms with E-state index < -0.39 is 17.2 Å². The molecule has 0 aromatic heterocycles. The van der Waals surface area contributed by atoms with Gasteiger partial charge in [0.15, 0.2) is 0 Å². The van der Waals surface area contributed by atoms with E-state index in [4.69, 9.17) is 0 Å². The lowest BCUT2D eigenvalue weighted by atomic mass is 9.72. The Bertz CT molecular complexity index is 818. The SMILES string of the molecule is CN(C)C(=O)CCCN1CCC(C(O)(c2cccc(F)c2)c2cccc(F)c2)CC1. The first-order chi connectivity index (χ1) is 14.3. The minimum Gasteiger partial charge on any atom is -0.380 e. The summed E-state index contributed by atoms with van der Waals surface area (Å²) >= 11 is 0. The zero-order valence-electron chi connectivity index (χ0n) is 17.7. The third-order valence-corrected chi connectivity index (χ3v) is 6.07. The van der Waals surface area contributed by atoms with E-state index in [9.17, 15) is 18.7 Å². The van der Waals surface area contributed by atoms with Crippen molar-refractivity contribution in [3.05, 3.63) is 71.3 Å². The number of hydrogen-bond acceptors (Lipinski definition) is 3. The van der Waals surface area contributed by atoms with Gasteiger partial charge in [-0.2, -0.15) is 0 Å². The van der Waals surface area contributed by atoms with Gasteiger partial charge in [0.2, 0.25) is 5.91 Å². The molecule has 1 N–H and O–H groups in total. The third kappa shape index (κ3) is 5.05. The molecule has 0 bridgehead atoms. The molecule has 2 aromatic rings. The molecule has 30 heavy (non-hydrogen) atoms. The van der Waals surface area contributed by atoms with Crippen molar-refractivity contribution in [2.45, 2.75) is 31.3 Å². The molecule has 0 spiro atoms. The van der Waals surface area contributed by atoms with E-state index in [1.165, 1.54) is 24.3 Å². The summed E-state index contributed by atoms with van der Waals surface area (Å²) in [6, 6.07) is 11.9. The molecule has 1 amide bonds. The summed E-state index contributed by atoms with van der Waals surface area (Å²) in [4.78, 5) is 15.6. The van der Waals surface area contributed by atoms with Crippen LogP contribution in [-0.4, -0.2) is 54.5 Å². The van der Waals surface area contributed by atoms with Crippen LogP contribution >= 0.6 is 0 Å². The normalized spacial score (nSPS) is 15.9. The lowest BCUT2D eigenvalue weighted by Gasteiger charge is -2.42. The number of rotatable bonds is 7. The lowest BCUT2D eigenvalue weighted by Crippen LogP contribution is -2.44. The molecule has 0 saturated carbocycles. The van der Waals surface area contributed by atoms with Crippen LogP contribution < -0.4 is 0 Å². The first kappa shape index (κ1) is 22.4. The minimum atomic E-state index is -1.46. The van der Waals surface area contributed by atoms with Crippen molar-refractivity contribution in [3.8, 4) is 0 Å². The fraction of sp³-hybridized carbons (Fsp3) is 0.458. The van der Waals surface area contributed by atoms with Crippen LogP contribution in [0.4, 0.5) is 8.78 Å². The van der Waals surface area contributed by atoms with Gasteiger partial charge in [-0.05, 0) is 80.2 Å². The average molecular weight is 417 g/mol. The van der Waals surface area contributed by atoms with Crippen LogP contribution in [-0.2, 0) is 10.4 Å². The van der Waals surface area contributed by atoms with E-state index in [-0.39, 0.29) is 11.8 Å². The monoisotopic (exact) mass is 416 g/mol. The van der Waals surface area contributed by atoms with Gasteiger partial charge >= 0.3 is 0 Å². The van der Waals surface area contributed by atoms with Crippen LogP contribution in [0.5, 0.6) is 0 Å². The summed E-state index contributed by atoms with van der Waals surface area (Å²) in [5.74, 6) is -0.895. The molecule has 162 valence electrons. The van der Waals surface area contributed by atoms with E-state index in [0.29, 0.717) is 30.4 Å². The van der Waals surface area contributed by atoms with Crippen molar-refractivity contribution in [2.24, 2.45) is 5.92 Å². The van der Waals surface area contributed by atoms with E-state index >= 15 is 0 Å². The Kier molecular flexibility index (Phi) is 7.21. The zero-order chi connectivity index (χ0) is 21.7. The molecule has 3 rings (SSSR count). The molecule has 1 saturated heterocycles. The maximum Gasteiger partial charge on any atom is 0.222 e. The number of benzene rings is 2. The fourth-order valence-electron chi connectivity index (χ4n) is 4.34. The highest BCUT2D eigenvalue weighted by Crippen LogP contribution is 2.42. The predicted molar refractivity (Wildman–Crippen MR) is 113 cm³/mol. The molecular weight excluding hydrogens is 386 g/mol. The van der Waals surface area contributed by atoms with Gasteiger partial charge in [0.05, 0.1) is 0 Å². The molecule has 0 unspecified atom stereocenters. The number of halogens is 2. The summed E-state index contributed by atoms with van der Waals surface area (Å²) in [7, 11) is 3.51. The Morgan fingerprint density at radius 1 is 1.07 bits per heavy atom. The fourth-order valence-corrected chi connectivity index (χ4v) is 4.34. The molecule has 0 radical (unpaired) electrons. The number of hydrogen-bond donors (Lipinski definition) is 1. The number of carbonyl (C=O) groups is 1. The summed E-state index contributed by atoms with van der Waals surface area (Å²) in [6.07, 6.45) is 2.71. The van der Waals surface area contributed by atoms with Crippen molar-refractivity contribution in [3.63, 3.8) is 0 Å². The first-order valence-corrected chi connectivity index (χ1v) is 10.5. The van der Waals surface area contributed by atoms with Gasteiger partial charge < -0.3 is 14.9 Å². The van der Waals surface area contributed by atoms with E-state index in [1.54, 1.807) is 43.3 Å². The van der Waals surface area contributed by atoms with Crippen LogP contribution in [0.2, 0.25) is 0 Å². The molecule has 1 heterocycles. The van der Waals surface area contributed by atoms with Gasteiger partial charge in [-0.15, -0.1) is 0 Å². The molecule has 2 aromatic carbocycles. The number of likely N-dealkylation sites (tertiary alicyclic amines) is 1. The molecule has 1 aliphatic heterocycles. The standard InChI is InChI=1S/C24H30F2N2O2/c1-27(2)23(29)10-5-13-28-14-11-18(12-15-28)24(30,19-6-3-8-21(25)16-19)20-7-4-9-22(26)17-20/h3-4,6-9,16-18,30H,5,10-15H2,1-2H3. The molecule has 4 nitrogen and oxygen atoms in total. The van der Waals surface area contributed by atoms with Crippen LogP contribution in [0.1, 0.15) is 36.8 Å². The van der Waals surface area contributed by atoms with E-state index in [0.717, 1.165) is 26.1 Å². The second kappa shape index (κ2) is 9.67. The van der Waals surface area contributed by atoms with Gasteiger partial charge in [0, 0.05) is 20.5 Å². The summed E-state index contributed by atoms with van der Waals surface area (Å²) in [5.41, 5.74) is -0.566. The molecular formula is C24H30F2N2O2. The molecule has 0 atom stereocenters. The molecule has 6 heteroatoms. The smallest absolute Gasteiger partial charge is 0.222 e. The van der Waals surface area contributed by atoms with Gasteiger partial charge in [-0.3, -0.25) is 4.79 Å². The second-order valence-electron chi connectivity index (χ2n) is 8.29. The van der Waals surface area contributed by atoms with Crippen LogP contribution in [0.25, 0.3) is 0 Å². The highest BCUT2D eigenvalue weighted by Gasteiger charge is 2.42. The summed E-state index contributed by atoms with van der Waals surface area (Å²) < 4.78 is 27.9. The Hall–Kier alpha value is -2.31. The van der Waals surface area contributed by atoms with Crippen molar-refractivity contribution in [2.75, 3.05) is 33.7 Å². The Balaban J connectivity index is 1.74. The Morgan fingerprint density at radius 2 is 1.60 bits per heavy atom. The number of carbonyl (C=O) groups excluding carboxylic acids is 1. The zero-order valence-corrected chi connectivity index (χ0v) is 17.7. The predicted octanol–water partition coefficient (Wildman–Crippen LogP) is 3.78. The quantitative estimate of drug-likeness (QED) is 0.747. The van der Waals surface area contributed by atoms with Crippen molar-refractivity contribution >= 4 is 5.91 Å². The van der Waals surface area contributed by atoms with Gasteiger partial charge in [-0.25, -0.2) is 8.78 Å². The maximum absolute atomic E-state index is 14.0. The molecule has 0 aliphatic carbocycles. The largest absolute Gasteiger partial charge is 0.380 e. The van der Waals surface area contributed by atoms with Crippen molar-refractivity contribution in [1.29, 1.82) is 0 Å². The van der Waals surface area contributed by atoms with E-state index in [2.05, 4.69) is 4.90 Å². The average Bonchev–Trinajstić information content (AvgIpc) is 2.73. The second-order valence-corrected chi connectivity index (χ2v) is 8.29. The topological polar surface area (TPSA) is 43.8 Å². The highest BCUT2D eigenvalue weighted by molar-refractivity contribution is 5.75. The maximum atomic E-state index is 14.0. The van der Waals surface area contributed by atoms with Gasteiger partial charge in [0.1, 0.15) is 17.2 Å². The third-order valence-electron chi connectivity index (χ3n) is 6.07. The summed E-state index contributed by atoms with van der Waals surface area (Å²) in [5, 5.41) is 11.8. The van der Waals surface area contributed by atoms with Crippen LogP contribution in [0, 0.1) is 17.6 Å². The summed E-state index contributed by atoms with van der Waals surface area (Å²) in [6.45, 7) is 2.37. The van der Waals surface area contributed by atoms with Gasteiger partial charge in [-0.1, -0.05) is 24.3 Å². The van der Waals surface area contributed by atoms with Crippen LogP contribution in [0.15, 0.2) is 48.5 Å². The minimum absolute atomic E-state index is 0.122. The number of nitrogens with zero attached hydrogens (tertiary/aromatic N) is 2. The Morgan fingerprint density at radius 3 is 2.07 bits per heavy atom. The van der Waals surface area contributed by atoms with Crippen molar-refractivity contribution < 1.29 is 18.7 Å². The lowest BCUT2D eigenvalue weighted by molar-refractivity contribution is -0.128. The van der Waals surface area contributed by atoms with E-state index in [1.807, 2.05) is 0 Å². The van der Waals surface area contributed by atoms with Crippen LogP contribution in [0.3, 0.4) is 0 Å². The molecule has 1 aliphatic rings. The number of piperidine rings is 1. The number of amides is 1.